The molecule has 0 saturated heterocycles. The van der Waals surface area contributed by atoms with Gasteiger partial charge in [-0.05, 0) is 71.3 Å². The van der Waals surface area contributed by atoms with E-state index in [1.54, 1.807) is 0 Å². The maximum atomic E-state index is 13.3. The monoisotopic (exact) mass is 530 g/mol. The van der Waals surface area contributed by atoms with E-state index in [4.69, 9.17) is 0 Å². The summed E-state index contributed by atoms with van der Waals surface area (Å²) >= 11 is 0. The normalized spacial score (nSPS) is 13.6. The number of aliphatic hydroxyl groups is 3. The van der Waals surface area contributed by atoms with Gasteiger partial charge < -0.3 is 30.6 Å². The van der Waals surface area contributed by atoms with Crippen LogP contribution >= 0.6 is 0 Å². The van der Waals surface area contributed by atoms with Gasteiger partial charge in [0.15, 0.2) is 23.0 Å². The van der Waals surface area contributed by atoms with E-state index in [1.807, 2.05) is 0 Å². The topological polar surface area (TPSA) is 173 Å². The molecule has 9 nitrogen and oxygen atoms in total. The Labute approximate surface area is 223 Å². The summed E-state index contributed by atoms with van der Waals surface area (Å²) in [6.07, 6.45) is 5.93. The summed E-state index contributed by atoms with van der Waals surface area (Å²) in [4.78, 5) is 39.7. The molecule has 0 aliphatic rings. The highest BCUT2D eigenvalue weighted by Crippen LogP contribution is 2.29. The molecule has 0 amide bonds. The van der Waals surface area contributed by atoms with Crippen molar-refractivity contribution in [1.29, 1.82) is 0 Å². The Bertz CT molecular complexity index is 1350. The first-order valence-electron chi connectivity index (χ1n) is 11.6. The molecule has 0 fully saturated rings. The van der Waals surface area contributed by atoms with Gasteiger partial charge in [0, 0.05) is 0 Å². The number of carbonyl (C=O) groups is 3. The Morgan fingerprint density at radius 1 is 0.538 bits per heavy atom. The van der Waals surface area contributed by atoms with Crippen LogP contribution in [0.4, 0.5) is 0 Å². The van der Waals surface area contributed by atoms with Gasteiger partial charge >= 0.3 is 0 Å². The van der Waals surface area contributed by atoms with Gasteiger partial charge in [-0.25, -0.2) is 0 Å². The van der Waals surface area contributed by atoms with Crippen molar-refractivity contribution < 1.29 is 45.0 Å². The summed E-state index contributed by atoms with van der Waals surface area (Å²) in [5.74, 6) is -4.22. The van der Waals surface area contributed by atoms with Crippen molar-refractivity contribution >= 4 is 35.6 Å². The van der Waals surface area contributed by atoms with Crippen LogP contribution in [0.3, 0.4) is 0 Å². The van der Waals surface area contributed by atoms with E-state index >= 15 is 0 Å². The minimum Gasteiger partial charge on any atom is -0.508 e. The predicted molar refractivity (Wildman–Crippen MR) is 143 cm³/mol. The molecule has 0 spiro atoms. The minimum absolute atomic E-state index is 0.0308. The van der Waals surface area contributed by atoms with Crippen LogP contribution in [-0.4, -0.2) is 65.8 Å². The van der Waals surface area contributed by atoms with Gasteiger partial charge in [0.2, 0.25) is 5.60 Å². The molecular formula is C30H26O9. The lowest BCUT2D eigenvalue weighted by molar-refractivity contribution is -0.186. The molecule has 0 saturated carbocycles. The summed E-state index contributed by atoms with van der Waals surface area (Å²) in [7, 11) is 0. The third kappa shape index (κ3) is 6.55. The van der Waals surface area contributed by atoms with Crippen LogP contribution in [0.5, 0.6) is 17.2 Å². The van der Waals surface area contributed by atoms with E-state index in [9.17, 15) is 45.0 Å². The van der Waals surface area contributed by atoms with E-state index < -0.39 is 35.2 Å². The van der Waals surface area contributed by atoms with E-state index in [2.05, 4.69) is 0 Å². The molecule has 0 bridgehead atoms. The van der Waals surface area contributed by atoms with Crippen LogP contribution in [0.25, 0.3) is 18.2 Å². The third-order valence-corrected chi connectivity index (χ3v) is 5.91. The Morgan fingerprint density at radius 3 is 1.10 bits per heavy atom. The highest BCUT2D eigenvalue weighted by molar-refractivity contribution is 6.25. The molecule has 0 radical (unpaired) electrons. The van der Waals surface area contributed by atoms with Gasteiger partial charge in [0.05, 0.1) is 6.61 Å². The standard InChI is InChI=1S/C30H26O9/c31-19-29(38,26(35)16-7-20-1-10-23(32)11-2-20)30(39,27(36)17-8-21-3-12-24(33)13-4-21)28(37)18-9-22-5-14-25(34)15-6-22/h1-18,31-34,38-39H,19H2/b16-7+,17-8+,18-9+. The molecular weight excluding hydrogens is 504 g/mol. The third-order valence-electron chi connectivity index (χ3n) is 5.91. The Balaban J connectivity index is 2.03. The number of benzene rings is 3. The maximum Gasteiger partial charge on any atom is 0.228 e. The van der Waals surface area contributed by atoms with Gasteiger partial charge in [0.25, 0.3) is 0 Å². The molecule has 3 aromatic carbocycles. The molecule has 1 unspecified atom stereocenters. The number of rotatable bonds is 11. The second-order valence-electron chi connectivity index (χ2n) is 8.60. The van der Waals surface area contributed by atoms with Gasteiger partial charge in [-0.3, -0.25) is 14.4 Å². The lowest BCUT2D eigenvalue weighted by atomic mass is 9.73. The van der Waals surface area contributed by atoms with Crippen molar-refractivity contribution in [2.75, 3.05) is 6.61 Å². The summed E-state index contributed by atoms with van der Waals surface area (Å²) in [6, 6.07) is 16.7. The fourth-order valence-corrected chi connectivity index (χ4v) is 3.55. The van der Waals surface area contributed by atoms with Crippen LogP contribution in [0.2, 0.25) is 0 Å². The zero-order valence-electron chi connectivity index (χ0n) is 20.5. The summed E-state index contributed by atoms with van der Waals surface area (Å²) in [5, 5.41) is 61.0. The lowest BCUT2D eigenvalue weighted by Gasteiger charge is -2.36. The molecule has 6 N–H and O–H groups in total. The molecule has 200 valence electrons. The number of hydrogen-bond donors (Lipinski definition) is 6. The molecule has 1 atom stereocenters. The second kappa shape index (κ2) is 12.1. The summed E-state index contributed by atoms with van der Waals surface area (Å²) in [6.45, 7) is -1.49. The van der Waals surface area contributed by atoms with Crippen molar-refractivity contribution in [2.45, 2.75) is 11.2 Å². The zero-order valence-corrected chi connectivity index (χ0v) is 20.5. The molecule has 39 heavy (non-hydrogen) atoms. The SMILES string of the molecule is O=C(/C=C/c1ccc(O)cc1)C(O)(CO)C(O)(C(=O)/C=C/c1ccc(O)cc1)C(=O)/C=C/c1ccc(O)cc1. The van der Waals surface area contributed by atoms with Crippen molar-refractivity contribution in [1.82, 2.24) is 0 Å². The van der Waals surface area contributed by atoms with Crippen molar-refractivity contribution in [2.24, 2.45) is 0 Å². The molecule has 3 rings (SSSR count). The van der Waals surface area contributed by atoms with Crippen molar-refractivity contribution in [3.05, 3.63) is 108 Å². The van der Waals surface area contributed by atoms with Gasteiger partial charge in [-0.2, -0.15) is 0 Å². The fourth-order valence-electron chi connectivity index (χ4n) is 3.55. The van der Waals surface area contributed by atoms with Gasteiger partial charge in [-0.1, -0.05) is 54.6 Å². The van der Waals surface area contributed by atoms with Crippen LogP contribution in [-0.2, 0) is 14.4 Å². The number of aromatic hydroxyl groups is 3. The van der Waals surface area contributed by atoms with E-state index in [0.717, 1.165) is 18.2 Å². The maximum absolute atomic E-state index is 13.3. The Kier molecular flexibility index (Phi) is 8.95. The first kappa shape index (κ1) is 28.7. The average molecular weight is 531 g/mol. The minimum atomic E-state index is -3.45. The highest BCUT2D eigenvalue weighted by Gasteiger charge is 2.61. The number of phenols is 3. The quantitative estimate of drug-likeness (QED) is 0.161. The zero-order chi connectivity index (χ0) is 28.6. The van der Waals surface area contributed by atoms with Crippen LogP contribution in [0, 0.1) is 0 Å². The van der Waals surface area contributed by atoms with E-state index in [0.29, 0.717) is 16.7 Å². The van der Waals surface area contributed by atoms with Gasteiger partial charge in [-0.15, -0.1) is 0 Å². The lowest BCUT2D eigenvalue weighted by Crippen LogP contribution is -2.68. The van der Waals surface area contributed by atoms with Crippen molar-refractivity contribution in [3.8, 4) is 17.2 Å². The number of hydrogen-bond acceptors (Lipinski definition) is 9. The molecule has 9 heteroatoms. The van der Waals surface area contributed by atoms with Gasteiger partial charge in [0.1, 0.15) is 17.2 Å². The summed E-state index contributed by atoms with van der Waals surface area (Å²) in [5.41, 5.74) is -5.54. The largest absolute Gasteiger partial charge is 0.508 e. The smallest absolute Gasteiger partial charge is 0.228 e. The van der Waals surface area contributed by atoms with Crippen molar-refractivity contribution in [3.63, 3.8) is 0 Å². The first-order chi connectivity index (χ1) is 18.5. The van der Waals surface area contributed by atoms with E-state index in [1.165, 1.54) is 91.0 Å². The number of phenolic OH excluding ortho intramolecular Hbond substituents is 3. The Morgan fingerprint density at radius 2 is 0.821 bits per heavy atom. The van der Waals surface area contributed by atoms with Crippen LogP contribution in [0.1, 0.15) is 16.7 Å². The summed E-state index contributed by atoms with van der Waals surface area (Å²) < 4.78 is 0. The number of carbonyl (C=O) groups excluding carboxylic acids is 3. The second-order valence-corrected chi connectivity index (χ2v) is 8.60. The molecule has 0 aromatic heterocycles. The van der Waals surface area contributed by atoms with Crippen LogP contribution in [0.15, 0.2) is 91.0 Å². The first-order valence-corrected chi connectivity index (χ1v) is 11.6. The fraction of sp³-hybridized carbons (Fsp3) is 0.100. The molecule has 3 aromatic rings. The number of aliphatic hydroxyl groups excluding tert-OH is 1. The molecule has 0 aliphatic heterocycles. The highest BCUT2D eigenvalue weighted by atomic mass is 16.4. The Hall–Kier alpha value is -4.83. The van der Waals surface area contributed by atoms with Crippen LogP contribution < -0.4 is 0 Å². The molecule has 0 aliphatic carbocycles. The predicted octanol–water partition coefficient (Wildman–Crippen LogP) is 2.41. The number of ketones is 3. The molecule has 0 heterocycles. The average Bonchev–Trinajstić information content (AvgIpc) is 2.94. The van der Waals surface area contributed by atoms with E-state index in [-0.39, 0.29) is 17.2 Å².